The molecule has 0 spiro atoms. The summed E-state index contributed by atoms with van der Waals surface area (Å²) in [4.78, 5) is 26.5. The molecule has 0 saturated carbocycles. The van der Waals surface area contributed by atoms with Crippen LogP contribution < -0.4 is 5.32 Å². The van der Waals surface area contributed by atoms with Crippen molar-refractivity contribution in [1.82, 2.24) is 20.4 Å². The largest absolute Gasteiger partial charge is 0.378 e. The van der Waals surface area contributed by atoms with Crippen LogP contribution in [0.2, 0.25) is 0 Å². The van der Waals surface area contributed by atoms with Crippen molar-refractivity contribution in [1.29, 1.82) is 0 Å². The van der Waals surface area contributed by atoms with Crippen molar-refractivity contribution in [2.75, 3.05) is 26.3 Å². The number of carbonyl (C=O) groups excluding carboxylic acids is 2. The number of nitrogens with zero attached hydrogens (tertiary/aromatic N) is 2. The number of hydrogen-bond acceptors (Lipinski definition) is 4. The Hall–Kier alpha value is -2.67. The highest BCUT2D eigenvalue weighted by Gasteiger charge is 2.24. The Labute approximate surface area is 146 Å². The molecule has 1 aliphatic rings. The summed E-state index contributed by atoms with van der Waals surface area (Å²) < 4.78 is 5.24. The van der Waals surface area contributed by atoms with Crippen LogP contribution in [0.3, 0.4) is 0 Å². The van der Waals surface area contributed by atoms with Crippen molar-refractivity contribution >= 4 is 11.8 Å². The summed E-state index contributed by atoms with van der Waals surface area (Å²) in [6, 6.07) is 8.93. The molecule has 1 aromatic heterocycles. The van der Waals surface area contributed by atoms with Crippen molar-refractivity contribution in [3.63, 3.8) is 0 Å². The van der Waals surface area contributed by atoms with Crippen LogP contribution in [0.25, 0.3) is 11.3 Å². The Bertz CT molecular complexity index is 765. The number of rotatable bonds is 4. The quantitative estimate of drug-likeness (QED) is 0.878. The lowest BCUT2D eigenvalue weighted by Crippen LogP contribution is -2.50. The third-order valence-corrected chi connectivity index (χ3v) is 4.28. The van der Waals surface area contributed by atoms with Gasteiger partial charge >= 0.3 is 0 Å². The van der Waals surface area contributed by atoms with Crippen LogP contribution in [0.5, 0.6) is 0 Å². The van der Waals surface area contributed by atoms with Gasteiger partial charge in [0, 0.05) is 18.7 Å². The molecule has 3 rings (SSSR count). The van der Waals surface area contributed by atoms with Crippen molar-refractivity contribution in [3.8, 4) is 11.3 Å². The normalized spacial score (nSPS) is 15.7. The minimum atomic E-state index is -0.601. The molecule has 2 N–H and O–H groups in total. The number of benzene rings is 1. The fraction of sp³-hybridized carbons (Fsp3) is 0.389. The lowest BCUT2D eigenvalue weighted by Gasteiger charge is -2.29. The summed E-state index contributed by atoms with van der Waals surface area (Å²) in [6.07, 6.45) is 0. The molecule has 0 aliphatic carbocycles. The summed E-state index contributed by atoms with van der Waals surface area (Å²) in [5.41, 5.74) is 3.09. The average molecular weight is 342 g/mol. The first kappa shape index (κ1) is 17.2. The van der Waals surface area contributed by atoms with Gasteiger partial charge in [-0.25, -0.2) is 0 Å². The molecule has 1 aromatic carbocycles. The van der Waals surface area contributed by atoms with E-state index in [1.165, 1.54) is 0 Å². The number of amides is 2. The van der Waals surface area contributed by atoms with Gasteiger partial charge in [-0.05, 0) is 25.5 Å². The minimum absolute atomic E-state index is 0.102. The molecule has 25 heavy (non-hydrogen) atoms. The van der Waals surface area contributed by atoms with E-state index in [0.29, 0.717) is 37.7 Å². The van der Waals surface area contributed by atoms with Gasteiger partial charge in [0.1, 0.15) is 11.7 Å². The Morgan fingerprint density at radius 1 is 1.28 bits per heavy atom. The van der Waals surface area contributed by atoms with Gasteiger partial charge in [-0.15, -0.1) is 0 Å². The topological polar surface area (TPSA) is 87.3 Å². The molecule has 7 nitrogen and oxygen atoms in total. The van der Waals surface area contributed by atoms with Crippen LogP contribution >= 0.6 is 0 Å². The zero-order valence-corrected chi connectivity index (χ0v) is 14.4. The molecule has 0 unspecified atom stereocenters. The smallest absolute Gasteiger partial charge is 0.269 e. The second kappa shape index (κ2) is 7.48. The summed E-state index contributed by atoms with van der Waals surface area (Å²) in [5.74, 6) is -0.447. The first-order chi connectivity index (χ1) is 12.1. The number of carbonyl (C=O) groups is 2. The van der Waals surface area contributed by atoms with Crippen LogP contribution in [0.1, 0.15) is 23.0 Å². The molecule has 1 saturated heterocycles. The number of H-pyrrole nitrogens is 1. The monoisotopic (exact) mass is 342 g/mol. The van der Waals surface area contributed by atoms with Gasteiger partial charge in [-0.2, -0.15) is 5.10 Å². The molecular weight excluding hydrogens is 320 g/mol. The van der Waals surface area contributed by atoms with Gasteiger partial charge < -0.3 is 15.0 Å². The molecule has 2 aromatic rings. The highest BCUT2D eigenvalue weighted by molar-refractivity contribution is 5.96. The summed E-state index contributed by atoms with van der Waals surface area (Å²) in [7, 11) is 0. The Kier molecular flexibility index (Phi) is 5.14. The molecule has 1 atom stereocenters. The second-order valence-corrected chi connectivity index (χ2v) is 6.11. The van der Waals surface area contributed by atoms with E-state index in [0.717, 1.165) is 11.1 Å². The van der Waals surface area contributed by atoms with Crippen molar-refractivity contribution < 1.29 is 14.3 Å². The summed E-state index contributed by atoms with van der Waals surface area (Å²) in [5, 5.41) is 9.69. The van der Waals surface area contributed by atoms with E-state index in [2.05, 4.69) is 15.5 Å². The molecule has 1 aliphatic heterocycles. The van der Waals surface area contributed by atoms with Crippen molar-refractivity contribution in [2.24, 2.45) is 0 Å². The molecule has 132 valence electrons. The molecule has 1 fully saturated rings. The van der Waals surface area contributed by atoms with E-state index >= 15 is 0 Å². The summed E-state index contributed by atoms with van der Waals surface area (Å²) >= 11 is 0. The van der Waals surface area contributed by atoms with Gasteiger partial charge in [0.2, 0.25) is 5.91 Å². The zero-order chi connectivity index (χ0) is 17.8. The molecule has 0 radical (unpaired) electrons. The van der Waals surface area contributed by atoms with E-state index in [1.807, 2.05) is 31.2 Å². The van der Waals surface area contributed by atoms with E-state index in [-0.39, 0.29) is 11.8 Å². The van der Waals surface area contributed by atoms with E-state index in [1.54, 1.807) is 17.9 Å². The van der Waals surface area contributed by atoms with E-state index in [4.69, 9.17) is 4.74 Å². The molecule has 7 heteroatoms. The van der Waals surface area contributed by atoms with Crippen LogP contribution in [0.4, 0.5) is 0 Å². The average Bonchev–Trinajstić information content (AvgIpc) is 3.12. The summed E-state index contributed by atoms with van der Waals surface area (Å²) in [6.45, 7) is 5.86. The molecule has 2 heterocycles. The van der Waals surface area contributed by atoms with Crippen molar-refractivity contribution in [2.45, 2.75) is 19.9 Å². The second-order valence-electron chi connectivity index (χ2n) is 6.11. The van der Waals surface area contributed by atoms with Crippen LogP contribution in [0.15, 0.2) is 30.3 Å². The van der Waals surface area contributed by atoms with Gasteiger partial charge in [-0.3, -0.25) is 14.7 Å². The first-order valence-electron chi connectivity index (χ1n) is 8.35. The highest BCUT2D eigenvalue weighted by Crippen LogP contribution is 2.21. The minimum Gasteiger partial charge on any atom is -0.378 e. The van der Waals surface area contributed by atoms with E-state index < -0.39 is 6.04 Å². The lowest BCUT2D eigenvalue weighted by molar-refractivity contribution is -0.136. The predicted molar refractivity (Wildman–Crippen MR) is 93.1 cm³/mol. The third-order valence-electron chi connectivity index (χ3n) is 4.28. The number of aromatic amines is 1. The fourth-order valence-electron chi connectivity index (χ4n) is 2.83. The Balaban J connectivity index is 1.65. The highest BCUT2D eigenvalue weighted by atomic mass is 16.5. The van der Waals surface area contributed by atoms with Crippen LogP contribution in [-0.4, -0.2) is 59.3 Å². The fourth-order valence-corrected chi connectivity index (χ4v) is 2.83. The van der Waals surface area contributed by atoms with Crippen LogP contribution in [-0.2, 0) is 9.53 Å². The Morgan fingerprint density at radius 3 is 2.72 bits per heavy atom. The van der Waals surface area contributed by atoms with Gasteiger partial charge in [-0.1, -0.05) is 24.3 Å². The number of nitrogens with one attached hydrogen (secondary N) is 2. The van der Waals surface area contributed by atoms with E-state index in [9.17, 15) is 9.59 Å². The number of hydrogen-bond donors (Lipinski definition) is 2. The number of aryl methyl sites for hydroxylation is 1. The number of aromatic nitrogens is 2. The van der Waals surface area contributed by atoms with Gasteiger partial charge in [0.25, 0.3) is 5.91 Å². The molecular formula is C18H22N4O3. The maximum absolute atomic E-state index is 12.4. The van der Waals surface area contributed by atoms with Gasteiger partial charge in [0.15, 0.2) is 0 Å². The van der Waals surface area contributed by atoms with Gasteiger partial charge in [0.05, 0.1) is 18.9 Å². The third kappa shape index (κ3) is 3.88. The van der Waals surface area contributed by atoms with Crippen LogP contribution in [0, 0.1) is 6.92 Å². The molecule has 0 bridgehead atoms. The molecule has 2 amide bonds. The number of morpholine rings is 1. The SMILES string of the molecule is Cc1ccccc1-c1cc(C(=O)N[C@H](C)C(=O)N2CCOCC2)[nH]n1. The van der Waals surface area contributed by atoms with Crippen molar-refractivity contribution in [3.05, 3.63) is 41.6 Å². The predicted octanol–water partition coefficient (Wildman–Crippen LogP) is 1.36. The Morgan fingerprint density at radius 2 is 2.00 bits per heavy atom. The standard InChI is InChI=1S/C18H22N4O3/c1-12-5-3-4-6-14(12)15-11-16(21-20-15)17(23)19-13(2)18(24)22-7-9-25-10-8-22/h3-6,11,13H,7-10H2,1-2H3,(H,19,23)(H,20,21)/t13-/m1/s1. The maximum Gasteiger partial charge on any atom is 0.269 e. The lowest BCUT2D eigenvalue weighted by atomic mass is 10.1. The number of ether oxygens (including phenoxy) is 1. The first-order valence-corrected chi connectivity index (χ1v) is 8.35. The maximum atomic E-state index is 12.4. The zero-order valence-electron chi connectivity index (χ0n) is 14.4.